The van der Waals surface area contributed by atoms with Crippen LogP contribution < -0.4 is 4.72 Å². The number of hydrogen-bond acceptors (Lipinski definition) is 4. The zero-order valence-corrected chi connectivity index (χ0v) is 11.5. The third-order valence-corrected chi connectivity index (χ3v) is 4.33. The van der Waals surface area contributed by atoms with Gasteiger partial charge in [0.1, 0.15) is 5.15 Å². The van der Waals surface area contributed by atoms with E-state index in [0.717, 1.165) is 0 Å². The van der Waals surface area contributed by atoms with Gasteiger partial charge in [-0.05, 0) is 19.1 Å². The maximum Gasteiger partial charge on any atom is 0.301 e. The zero-order valence-electron chi connectivity index (χ0n) is 9.89. The van der Waals surface area contributed by atoms with E-state index in [1.54, 1.807) is 19.1 Å². The Morgan fingerprint density at radius 3 is 2.67 bits per heavy atom. The van der Waals surface area contributed by atoms with Crippen molar-refractivity contribution in [2.24, 2.45) is 0 Å². The number of nitrogens with zero attached hydrogens (tertiary/aromatic N) is 2. The van der Waals surface area contributed by atoms with Gasteiger partial charge in [0, 0.05) is 13.1 Å². The number of pyridine rings is 1. The maximum absolute atomic E-state index is 12.1. The first-order valence-corrected chi connectivity index (χ1v) is 7.29. The summed E-state index contributed by atoms with van der Waals surface area (Å²) in [4.78, 5) is 4.00. The second-order valence-corrected chi connectivity index (χ2v) is 5.94. The van der Waals surface area contributed by atoms with Crippen molar-refractivity contribution in [1.29, 1.82) is 0 Å². The van der Waals surface area contributed by atoms with Crippen LogP contribution in [0.3, 0.4) is 0 Å². The third-order valence-electron chi connectivity index (χ3n) is 2.60. The molecule has 6 nitrogen and oxygen atoms in total. The van der Waals surface area contributed by atoms with Crippen LogP contribution in [0.25, 0.3) is 0 Å². The van der Waals surface area contributed by atoms with E-state index in [9.17, 15) is 8.42 Å². The number of halogens is 1. The fourth-order valence-corrected chi connectivity index (χ4v) is 3.07. The van der Waals surface area contributed by atoms with Crippen molar-refractivity contribution in [1.82, 2.24) is 9.29 Å². The van der Waals surface area contributed by atoms with Gasteiger partial charge in [0.05, 0.1) is 24.6 Å². The molecule has 0 bridgehead atoms. The van der Waals surface area contributed by atoms with Crippen LogP contribution in [0.15, 0.2) is 12.1 Å². The molecule has 1 saturated heterocycles. The van der Waals surface area contributed by atoms with Crippen LogP contribution in [0, 0.1) is 6.92 Å². The third kappa shape index (κ3) is 3.11. The standard InChI is InChI=1S/C10H14ClN3O3S/c1-8-9(2-3-10(11)12-8)13-18(15,16)14-4-6-17-7-5-14/h2-3,13H,4-7H2,1H3. The largest absolute Gasteiger partial charge is 0.379 e. The van der Waals surface area contributed by atoms with E-state index in [1.807, 2.05) is 0 Å². The van der Waals surface area contributed by atoms with Crippen LogP contribution in [0.1, 0.15) is 5.69 Å². The fraction of sp³-hybridized carbons (Fsp3) is 0.500. The summed E-state index contributed by atoms with van der Waals surface area (Å²) in [5, 5.41) is 0.335. The van der Waals surface area contributed by atoms with Crippen LogP contribution in [0.4, 0.5) is 5.69 Å². The molecule has 1 fully saturated rings. The van der Waals surface area contributed by atoms with Crippen LogP contribution in [-0.4, -0.2) is 44.0 Å². The molecule has 8 heteroatoms. The van der Waals surface area contributed by atoms with E-state index in [1.165, 1.54) is 4.31 Å². The molecule has 1 aromatic heterocycles. The maximum atomic E-state index is 12.1. The minimum absolute atomic E-state index is 0.335. The molecular weight excluding hydrogens is 278 g/mol. The average molecular weight is 292 g/mol. The first kappa shape index (κ1) is 13.5. The predicted octanol–water partition coefficient (Wildman–Crippen LogP) is 1.03. The number of rotatable bonds is 3. The van der Waals surface area contributed by atoms with Gasteiger partial charge in [-0.3, -0.25) is 4.72 Å². The lowest BCUT2D eigenvalue weighted by atomic mass is 10.3. The Balaban J connectivity index is 2.16. The fourth-order valence-electron chi connectivity index (χ4n) is 1.63. The monoisotopic (exact) mass is 291 g/mol. The molecule has 1 aromatic rings. The van der Waals surface area contributed by atoms with Gasteiger partial charge in [0.15, 0.2) is 0 Å². The second kappa shape index (κ2) is 5.40. The number of morpholine rings is 1. The molecule has 0 aromatic carbocycles. The highest BCUT2D eigenvalue weighted by molar-refractivity contribution is 7.90. The highest BCUT2D eigenvalue weighted by atomic mass is 35.5. The first-order chi connectivity index (χ1) is 8.49. The predicted molar refractivity (Wildman–Crippen MR) is 68.9 cm³/mol. The van der Waals surface area contributed by atoms with E-state index in [0.29, 0.717) is 42.8 Å². The van der Waals surface area contributed by atoms with Gasteiger partial charge in [-0.15, -0.1) is 0 Å². The summed E-state index contributed by atoms with van der Waals surface area (Å²) in [6.07, 6.45) is 0. The summed E-state index contributed by atoms with van der Waals surface area (Å²) in [5.74, 6) is 0. The van der Waals surface area contributed by atoms with Crippen LogP contribution in [0.5, 0.6) is 0 Å². The number of ether oxygens (including phenoxy) is 1. The smallest absolute Gasteiger partial charge is 0.301 e. The molecule has 0 spiro atoms. The van der Waals surface area contributed by atoms with Crippen LogP contribution in [-0.2, 0) is 14.9 Å². The van der Waals surface area contributed by atoms with Gasteiger partial charge in [0.2, 0.25) is 0 Å². The number of aromatic nitrogens is 1. The Morgan fingerprint density at radius 2 is 2.06 bits per heavy atom. The van der Waals surface area contributed by atoms with Gasteiger partial charge in [0.25, 0.3) is 0 Å². The van der Waals surface area contributed by atoms with E-state index in [-0.39, 0.29) is 0 Å². The molecule has 1 aliphatic heterocycles. The molecule has 2 rings (SSSR count). The molecule has 2 heterocycles. The average Bonchev–Trinajstić information content (AvgIpc) is 2.34. The van der Waals surface area contributed by atoms with Crippen molar-refractivity contribution in [3.8, 4) is 0 Å². The van der Waals surface area contributed by atoms with Crippen LogP contribution in [0.2, 0.25) is 5.15 Å². The Kier molecular flexibility index (Phi) is 4.06. The van der Waals surface area contributed by atoms with Gasteiger partial charge in [-0.2, -0.15) is 12.7 Å². The summed E-state index contributed by atoms with van der Waals surface area (Å²) < 4.78 is 33.2. The van der Waals surface area contributed by atoms with Crippen molar-refractivity contribution in [3.63, 3.8) is 0 Å². The Labute approximate surface area is 111 Å². The summed E-state index contributed by atoms with van der Waals surface area (Å²) >= 11 is 5.72. The van der Waals surface area contributed by atoms with Gasteiger partial charge >= 0.3 is 10.2 Å². The summed E-state index contributed by atoms with van der Waals surface area (Å²) in [6.45, 7) is 3.24. The van der Waals surface area contributed by atoms with Gasteiger partial charge in [-0.25, -0.2) is 4.98 Å². The molecule has 0 saturated carbocycles. The SMILES string of the molecule is Cc1nc(Cl)ccc1NS(=O)(=O)N1CCOCC1. The minimum atomic E-state index is -3.55. The van der Waals surface area contributed by atoms with Crippen LogP contribution >= 0.6 is 11.6 Å². The number of nitrogens with one attached hydrogen (secondary N) is 1. The molecule has 1 N–H and O–H groups in total. The zero-order chi connectivity index (χ0) is 13.2. The quantitative estimate of drug-likeness (QED) is 0.845. The molecule has 0 aliphatic carbocycles. The number of hydrogen-bond donors (Lipinski definition) is 1. The van der Waals surface area contributed by atoms with E-state index in [4.69, 9.17) is 16.3 Å². The van der Waals surface area contributed by atoms with Crippen molar-refractivity contribution in [2.45, 2.75) is 6.92 Å². The highest BCUT2D eigenvalue weighted by Crippen LogP contribution is 2.18. The lowest BCUT2D eigenvalue weighted by Crippen LogP contribution is -2.43. The highest BCUT2D eigenvalue weighted by Gasteiger charge is 2.24. The molecular formula is C10H14ClN3O3S. The summed E-state index contributed by atoms with van der Waals surface area (Å²) in [6, 6.07) is 3.15. The van der Waals surface area contributed by atoms with Gasteiger partial charge in [-0.1, -0.05) is 11.6 Å². The molecule has 0 atom stereocenters. The Morgan fingerprint density at radius 1 is 1.39 bits per heavy atom. The lowest BCUT2D eigenvalue weighted by Gasteiger charge is -2.26. The Hall–Kier alpha value is -0.890. The molecule has 0 amide bonds. The lowest BCUT2D eigenvalue weighted by molar-refractivity contribution is 0.0733. The summed E-state index contributed by atoms with van der Waals surface area (Å²) in [7, 11) is -3.55. The molecule has 18 heavy (non-hydrogen) atoms. The van der Waals surface area contributed by atoms with Crippen molar-refractivity contribution in [2.75, 3.05) is 31.0 Å². The molecule has 1 aliphatic rings. The molecule has 100 valence electrons. The second-order valence-electron chi connectivity index (χ2n) is 3.89. The summed E-state index contributed by atoms with van der Waals surface area (Å²) in [5.41, 5.74) is 0.977. The number of anilines is 1. The van der Waals surface area contributed by atoms with E-state index in [2.05, 4.69) is 9.71 Å². The van der Waals surface area contributed by atoms with Crippen molar-refractivity contribution < 1.29 is 13.2 Å². The molecule has 0 radical (unpaired) electrons. The number of aryl methyl sites for hydroxylation is 1. The van der Waals surface area contributed by atoms with Crippen molar-refractivity contribution >= 4 is 27.5 Å². The first-order valence-electron chi connectivity index (χ1n) is 5.48. The topological polar surface area (TPSA) is 71.5 Å². The van der Waals surface area contributed by atoms with E-state index >= 15 is 0 Å². The van der Waals surface area contributed by atoms with Gasteiger partial charge < -0.3 is 4.74 Å². The normalized spacial score (nSPS) is 17.7. The molecule has 0 unspecified atom stereocenters. The minimum Gasteiger partial charge on any atom is -0.379 e. The van der Waals surface area contributed by atoms with Crippen molar-refractivity contribution in [3.05, 3.63) is 23.0 Å². The Bertz CT molecular complexity index is 529. The van der Waals surface area contributed by atoms with E-state index < -0.39 is 10.2 Å².